The van der Waals surface area contributed by atoms with Gasteiger partial charge in [0, 0.05) is 22.8 Å². The summed E-state index contributed by atoms with van der Waals surface area (Å²) in [7, 11) is 0. The van der Waals surface area contributed by atoms with Crippen molar-refractivity contribution < 1.29 is 14.5 Å². The number of hydrogen-bond acceptors (Lipinski definition) is 4. The van der Waals surface area contributed by atoms with E-state index in [4.69, 9.17) is 0 Å². The van der Waals surface area contributed by atoms with Crippen LogP contribution in [0.15, 0.2) is 42.5 Å². The first kappa shape index (κ1) is 16.6. The van der Waals surface area contributed by atoms with Crippen molar-refractivity contribution in [2.24, 2.45) is 0 Å². The third-order valence-electron chi connectivity index (χ3n) is 4.12. The Bertz CT molecular complexity index is 929. The van der Waals surface area contributed by atoms with E-state index in [9.17, 15) is 19.7 Å². The fourth-order valence-corrected chi connectivity index (χ4v) is 2.88. The maximum Gasteiger partial charge on any atom is 0.273 e. The minimum absolute atomic E-state index is 0.0124. The predicted molar refractivity (Wildman–Crippen MR) is 94.0 cm³/mol. The number of carbonyl (C=O) groups is 2. The third-order valence-corrected chi connectivity index (χ3v) is 4.12. The first-order chi connectivity index (χ1) is 11.9. The van der Waals surface area contributed by atoms with E-state index in [0.717, 1.165) is 0 Å². The highest BCUT2D eigenvalue weighted by Crippen LogP contribution is 2.30. The Kier molecular flexibility index (Phi) is 4.19. The van der Waals surface area contributed by atoms with Crippen molar-refractivity contribution >= 4 is 29.2 Å². The van der Waals surface area contributed by atoms with Crippen LogP contribution in [0.3, 0.4) is 0 Å². The molecule has 0 fully saturated rings. The van der Waals surface area contributed by atoms with E-state index in [1.165, 1.54) is 6.07 Å². The van der Waals surface area contributed by atoms with Gasteiger partial charge in [0.1, 0.15) is 0 Å². The first-order valence-corrected chi connectivity index (χ1v) is 7.83. The van der Waals surface area contributed by atoms with Crippen LogP contribution in [0.25, 0.3) is 11.6 Å². The van der Waals surface area contributed by atoms with Crippen LogP contribution in [0.4, 0.5) is 5.69 Å². The molecule has 25 heavy (non-hydrogen) atoms. The van der Waals surface area contributed by atoms with Gasteiger partial charge in [-0.05, 0) is 29.2 Å². The number of amides is 2. The lowest BCUT2D eigenvalue weighted by Gasteiger charge is -2.18. The number of benzene rings is 2. The van der Waals surface area contributed by atoms with Gasteiger partial charge in [0.05, 0.1) is 4.92 Å². The normalized spacial score (nSPS) is 15.2. The smallest absolute Gasteiger partial charge is 0.273 e. The van der Waals surface area contributed by atoms with Gasteiger partial charge in [0.15, 0.2) is 0 Å². The second-order valence-electron chi connectivity index (χ2n) is 6.12. The molecule has 0 saturated heterocycles. The second-order valence-corrected chi connectivity index (χ2v) is 6.12. The largest absolute Gasteiger partial charge is 0.288 e. The Balaban J connectivity index is 2.13. The van der Waals surface area contributed by atoms with Crippen molar-refractivity contribution in [1.29, 1.82) is 0 Å². The van der Waals surface area contributed by atoms with Crippen molar-refractivity contribution in [2.45, 2.75) is 19.8 Å². The van der Waals surface area contributed by atoms with Gasteiger partial charge in [0.25, 0.3) is 17.5 Å². The van der Waals surface area contributed by atoms with Crippen LogP contribution in [-0.2, 0) is 4.79 Å². The Morgan fingerprint density at radius 1 is 1.04 bits per heavy atom. The lowest BCUT2D eigenvalue weighted by molar-refractivity contribution is -0.385. The topological polar surface area (TPSA) is 89.3 Å². The predicted octanol–water partition coefficient (Wildman–Crippen LogP) is 3.53. The quantitative estimate of drug-likeness (QED) is 0.402. The van der Waals surface area contributed by atoms with Crippen LogP contribution < -0.4 is 5.32 Å². The highest BCUT2D eigenvalue weighted by atomic mass is 16.6. The maximum atomic E-state index is 12.2. The zero-order valence-electron chi connectivity index (χ0n) is 13.8. The highest BCUT2D eigenvalue weighted by Gasteiger charge is 2.27. The van der Waals surface area contributed by atoms with E-state index in [0.29, 0.717) is 27.8 Å². The third kappa shape index (κ3) is 3.06. The van der Waals surface area contributed by atoms with Gasteiger partial charge < -0.3 is 0 Å². The molecule has 0 atom stereocenters. The zero-order valence-corrected chi connectivity index (χ0v) is 13.8. The van der Waals surface area contributed by atoms with Crippen molar-refractivity contribution in [3.63, 3.8) is 0 Å². The molecular formula is C19H16N2O4. The highest BCUT2D eigenvalue weighted by molar-refractivity contribution is 6.33. The molecule has 1 aliphatic heterocycles. The molecule has 0 radical (unpaired) electrons. The van der Waals surface area contributed by atoms with Gasteiger partial charge in [-0.2, -0.15) is 0 Å². The lowest BCUT2D eigenvalue weighted by atomic mass is 9.92. The van der Waals surface area contributed by atoms with E-state index >= 15 is 0 Å². The van der Waals surface area contributed by atoms with Crippen LogP contribution in [-0.4, -0.2) is 16.7 Å². The average molecular weight is 336 g/mol. The number of nitro benzene ring substituents is 1. The molecule has 1 aliphatic rings. The van der Waals surface area contributed by atoms with Crippen LogP contribution in [0, 0.1) is 10.1 Å². The first-order valence-electron chi connectivity index (χ1n) is 7.83. The molecule has 6 heteroatoms. The van der Waals surface area contributed by atoms with E-state index in [2.05, 4.69) is 5.32 Å². The summed E-state index contributed by atoms with van der Waals surface area (Å²) in [5.74, 6) is -0.948. The van der Waals surface area contributed by atoms with Crippen molar-refractivity contribution in [3.8, 4) is 0 Å². The van der Waals surface area contributed by atoms with Gasteiger partial charge in [-0.1, -0.05) is 44.2 Å². The fraction of sp³-hybridized carbons (Fsp3) is 0.158. The summed E-state index contributed by atoms with van der Waals surface area (Å²) in [5.41, 5.74) is 2.42. The van der Waals surface area contributed by atoms with Gasteiger partial charge in [-0.25, -0.2) is 0 Å². The molecule has 2 amide bonds. The van der Waals surface area contributed by atoms with Crippen molar-refractivity contribution in [2.75, 3.05) is 0 Å². The second kappa shape index (κ2) is 6.32. The standard InChI is InChI=1S/C19H16N2O4/c1-11(2)13-8-7-12(10-17(13)21(24)25)9-16-14-5-3-4-6-15(14)18(22)20-19(16)23/h3-11H,1-2H3,(H,20,22,23). The number of hydrogen-bond donors (Lipinski definition) is 1. The Hall–Kier alpha value is -3.28. The summed E-state index contributed by atoms with van der Waals surface area (Å²) in [6.07, 6.45) is 1.57. The van der Waals surface area contributed by atoms with Crippen molar-refractivity contribution in [1.82, 2.24) is 5.32 Å². The Morgan fingerprint density at radius 3 is 2.36 bits per heavy atom. The van der Waals surface area contributed by atoms with Gasteiger partial charge in [-0.3, -0.25) is 25.0 Å². The number of rotatable bonds is 3. The Morgan fingerprint density at radius 2 is 1.72 bits per heavy atom. The summed E-state index contributed by atoms with van der Waals surface area (Å²) in [6.45, 7) is 3.77. The number of nitrogens with zero attached hydrogens (tertiary/aromatic N) is 1. The molecule has 6 nitrogen and oxygen atoms in total. The molecular weight excluding hydrogens is 320 g/mol. The van der Waals surface area contributed by atoms with E-state index in [-0.39, 0.29) is 11.6 Å². The maximum absolute atomic E-state index is 12.2. The van der Waals surface area contributed by atoms with E-state index in [1.807, 2.05) is 13.8 Å². The van der Waals surface area contributed by atoms with Gasteiger partial charge in [0.2, 0.25) is 0 Å². The molecule has 2 aromatic carbocycles. The fourth-order valence-electron chi connectivity index (χ4n) is 2.88. The molecule has 1 heterocycles. The number of fused-ring (bicyclic) bond motifs is 1. The van der Waals surface area contributed by atoms with Gasteiger partial charge >= 0.3 is 0 Å². The SMILES string of the molecule is CC(C)c1ccc(C=C2C(=O)NC(=O)c3ccccc32)cc1[N+](=O)[O-]. The van der Waals surface area contributed by atoms with E-state index < -0.39 is 16.7 Å². The summed E-state index contributed by atoms with van der Waals surface area (Å²) >= 11 is 0. The zero-order chi connectivity index (χ0) is 18.1. The van der Waals surface area contributed by atoms with Crippen LogP contribution in [0.1, 0.15) is 46.8 Å². The van der Waals surface area contributed by atoms with Crippen LogP contribution >= 0.6 is 0 Å². The lowest BCUT2D eigenvalue weighted by Crippen LogP contribution is -2.36. The summed E-state index contributed by atoms with van der Waals surface area (Å²) < 4.78 is 0. The Labute approximate surface area is 144 Å². The number of carbonyl (C=O) groups excluding carboxylic acids is 2. The average Bonchev–Trinajstić information content (AvgIpc) is 2.58. The molecule has 1 N–H and O–H groups in total. The number of nitrogens with one attached hydrogen (secondary N) is 1. The van der Waals surface area contributed by atoms with E-state index in [1.54, 1.807) is 42.5 Å². The number of nitro groups is 1. The molecule has 0 unspecified atom stereocenters. The number of imide groups is 1. The monoisotopic (exact) mass is 336 g/mol. The van der Waals surface area contributed by atoms with Crippen molar-refractivity contribution in [3.05, 3.63) is 74.8 Å². The molecule has 0 saturated carbocycles. The molecule has 126 valence electrons. The summed E-state index contributed by atoms with van der Waals surface area (Å²) in [4.78, 5) is 35.1. The van der Waals surface area contributed by atoms with Gasteiger partial charge in [-0.15, -0.1) is 0 Å². The molecule has 0 aromatic heterocycles. The molecule has 2 aromatic rings. The molecule has 3 rings (SSSR count). The minimum Gasteiger partial charge on any atom is -0.288 e. The molecule has 0 aliphatic carbocycles. The van der Waals surface area contributed by atoms with Crippen LogP contribution in [0.5, 0.6) is 0 Å². The summed E-state index contributed by atoms with van der Waals surface area (Å²) in [5, 5.41) is 13.6. The molecule has 0 bridgehead atoms. The summed E-state index contributed by atoms with van der Waals surface area (Å²) in [6, 6.07) is 11.7. The minimum atomic E-state index is -0.515. The van der Waals surface area contributed by atoms with Crippen LogP contribution in [0.2, 0.25) is 0 Å². The molecule has 0 spiro atoms.